The average Bonchev–Trinajstić information content (AvgIpc) is 2.60. The van der Waals surface area contributed by atoms with Crippen LogP contribution in [0.5, 0.6) is 0 Å². The van der Waals surface area contributed by atoms with E-state index in [9.17, 15) is 9.59 Å². The molecule has 4 N–H and O–H groups in total. The van der Waals surface area contributed by atoms with Crippen molar-refractivity contribution in [2.24, 2.45) is 11.7 Å². The van der Waals surface area contributed by atoms with Crippen LogP contribution in [0, 0.1) is 5.92 Å². The van der Waals surface area contributed by atoms with Crippen LogP contribution in [0.4, 0.5) is 0 Å². The zero-order valence-electron chi connectivity index (χ0n) is 16.0. The summed E-state index contributed by atoms with van der Waals surface area (Å²) >= 11 is 0. The number of nitrogens with two attached hydrogens (primary N) is 1. The lowest BCUT2D eigenvalue weighted by Crippen LogP contribution is -2.51. The summed E-state index contributed by atoms with van der Waals surface area (Å²) < 4.78 is 0. The quantitative estimate of drug-likeness (QED) is 0.628. The molecule has 6 nitrogen and oxygen atoms in total. The van der Waals surface area contributed by atoms with Crippen molar-refractivity contribution in [1.29, 1.82) is 0 Å². The Kier molecular flexibility index (Phi) is 12.3. The van der Waals surface area contributed by atoms with Crippen molar-refractivity contribution in [1.82, 2.24) is 15.5 Å². The molecule has 1 fully saturated rings. The van der Waals surface area contributed by atoms with Crippen LogP contribution in [0.1, 0.15) is 32.3 Å². The Morgan fingerprint density at radius 1 is 1.22 bits per heavy atom. The smallest absolute Gasteiger partial charge is 0.239 e. The normalized spacial score (nSPS) is 18.0. The van der Waals surface area contributed by atoms with Gasteiger partial charge in [-0.2, -0.15) is 0 Å². The van der Waals surface area contributed by atoms with E-state index in [1.807, 2.05) is 32.0 Å². The molecule has 27 heavy (non-hydrogen) atoms. The molecule has 0 aromatic heterocycles. The molecule has 0 aliphatic carbocycles. The molecular formula is C19H32Cl2N4O2. The molecule has 0 bridgehead atoms. The Labute approximate surface area is 174 Å². The summed E-state index contributed by atoms with van der Waals surface area (Å²) in [7, 11) is 0. The maximum absolute atomic E-state index is 12.1. The van der Waals surface area contributed by atoms with Gasteiger partial charge in [0.2, 0.25) is 11.8 Å². The molecule has 1 unspecified atom stereocenters. The second-order valence-corrected chi connectivity index (χ2v) is 7.11. The number of hydrogen-bond donors (Lipinski definition) is 3. The number of halogens is 2. The largest absolute Gasteiger partial charge is 0.351 e. The highest BCUT2D eigenvalue weighted by Gasteiger charge is 2.22. The highest BCUT2D eigenvalue weighted by Crippen LogP contribution is 2.13. The highest BCUT2D eigenvalue weighted by atomic mass is 35.5. The minimum atomic E-state index is -0.580. The van der Waals surface area contributed by atoms with Crippen LogP contribution in [-0.2, 0) is 16.1 Å². The van der Waals surface area contributed by atoms with Crippen molar-refractivity contribution in [3.63, 3.8) is 0 Å². The molecular weight excluding hydrogens is 387 g/mol. The molecule has 1 aliphatic heterocycles. The highest BCUT2D eigenvalue weighted by molar-refractivity contribution is 5.87. The summed E-state index contributed by atoms with van der Waals surface area (Å²) in [5, 5.41) is 5.64. The van der Waals surface area contributed by atoms with E-state index < -0.39 is 6.04 Å². The van der Waals surface area contributed by atoms with Gasteiger partial charge in [-0.1, -0.05) is 44.2 Å². The number of piperidine rings is 1. The molecule has 1 aromatic rings. The molecule has 1 aromatic carbocycles. The van der Waals surface area contributed by atoms with Gasteiger partial charge in [0.25, 0.3) is 0 Å². The van der Waals surface area contributed by atoms with Gasteiger partial charge in [0.05, 0.1) is 12.6 Å². The molecule has 0 spiro atoms. The lowest BCUT2D eigenvalue weighted by atomic mass is 10.0. The molecule has 2 atom stereocenters. The average molecular weight is 419 g/mol. The maximum atomic E-state index is 12.1. The third kappa shape index (κ3) is 8.93. The van der Waals surface area contributed by atoms with Gasteiger partial charge in [-0.15, -0.1) is 24.8 Å². The lowest BCUT2D eigenvalue weighted by molar-refractivity contribution is -0.127. The van der Waals surface area contributed by atoms with Crippen molar-refractivity contribution in [2.75, 3.05) is 19.6 Å². The van der Waals surface area contributed by atoms with Gasteiger partial charge in [0.1, 0.15) is 0 Å². The fraction of sp³-hybridized carbons (Fsp3) is 0.579. The second kappa shape index (κ2) is 12.9. The van der Waals surface area contributed by atoms with E-state index in [0.717, 1.165) is 32.5 Å². The van der Waals surface area contributed by atoms with Gasteiger partial charge >= 0.3 is 0 Å². The van der Waals surface area contributed by atoms with Crippen molar-refractivity contribution < 1.29 is 9.59 Å². The van der Waals surface area contributed by atoms with Crippen LogP contribution in [0.3, 0.4) is 0 Å². The van der Waals surface area contributed by atoms with Gasteiger partial charge in [0.15, 0.2) is 0 Å². The molecule has 0 radical (unpaired) electrons. The molecule has 2 rings (SSSR count). The van der Waals surface area contributed by atoms with Crippen molar-refractivity contribution in [2.45, 2.75) is 45.3 Å². The number of benzene rings is 1. The fourth-order valence-electron chi connectivity index (χ4n) is 3.03. The van der Waals surface area contributed by atoms with E-state index >= 15 is 0 Å². The molecule has 2 amide bonds. The Balaban J connectivity index is 0.00000338. The molecule has 1 saturated heterocycles. The third-order valence-electron chi connectivity index (χ3n) is 4.56. The Hall–Kier alpha value is -1.34. The first-order valence-corrected chi connectivity index (χ1v) is 9.04. The van der Waals surface area contributed by atoms with Crippen LogP contribution < -0.4 is 16.4 Å². The maximum Gasteiger partial charge on any atom is 0.239 e. The Morgan fingerprint density at radius 2 is 1.89 bits per heavy atom. The van der Waals surface area contributed by atoms with Crippen LogP contribution in [0.2, 0.25) is 0 Å². The van der Waals surface area contributed by atoms with Crippen molar-refractivity contribution in [3.8, 4) is 0 Å². The first kappa shape index (κ1) is 25.7. The van der Waals surface area contributed by atoms with Crippen LogP contribution in [0.25, 0.3) is 0 Å². The lowest BCUT2D eigenvalue weighted by Gasteiger charge is -2.33. The number of carbonyl (C=O) groups is 2. The predicted molar refractivity (Wildman–Crippen MR) is 113 cm³/mol. The van der Waals surface area contributed by atoms with Gasteiger partial charge < -0.3 is 16.4 Å². The number of nitrogens with one attached hydrogen (secondary N) is 2. The number of nitrogens with zero attached hydrogens (tertiary/aromatic N) is 1. The van der Waals surface area contributed by atoms with Gasteiger partial charge in [-0.05, 0) is 30.9 Å². The zero-order valence-corrected chi connectivity index (χ0v) is 17.7. The summed E-state index contributed by atoms with van der Waals surface area (Å²) in [6.07, 6.45) is 2.03. The van der Waals surface area contributed by atoms with E-state index in [1.54, 1.807) is 0 Å². The minimum Gasteiger partial charge on any atom is -0.351 e. The van der Waals surface area contributed by atoms with Crippen molar-refractivity contribution in [3.05, 3.63) is 35.9 Å². The minimum absolute atomic E-state index is 0. The SMILES string of the molecule is CC(C)[C@H](N)C(=O)NCC(=O)NC1CCCN(Cc2ccccc2)C1.Cl.Cl. The molecule has 8 heteroatoms. The van der Waals surface area contributed by atoms with E-state index in [4.69, 9.17) is 5.73 Å². The Morgan fingerprint density at radius 3 is 2.52 bits per heavy atom. The summed E-state index contributed by atoms with van der Waals surface area (Å²) in [5.41, 5.74) is 7.05. The van der Waals surface area contributed by atoms with Crippen LogP contribution in [0.15, 0.2) is 30.3 Å². The molecule has 154 valence electrons. The summed E-state index contributed by atoms with van der Waals surface area (Å²) in [5.74, 6) is -0.386. The van der Waals surface area contributed by atoms with E-state index in [1.165, 1.54) is 5.56 Å². The molecule has 1 heterocycles. The monoisotopic (exact) mass is 418 g/mol. The number of hydrogen-bond acceptors (Lipinski definition) is 4. The number of carbonyl (C=O) groups excluding carboxylic acids is 2. The van der Waals surface area contributed by atoms with Crippen LogP contribution >= 0.6 is 24.8 Å². The standard InChI is InChI=1S/C19H30N4O2.2ClH/c1-14(2)18(20)19(25)21-11-17(24)22-16-9-6-10-23(13-16)12-15-7-4-3-5-8-15;;/h3-5,7-8,14,16,18H,6,9-13,20H2,1-2H3,(H,21,25)(H,22,24);2*1H/t16?,18-;;/m0../s1. The predicted octanol–water partition coefficient (Wildman–Crippen LogP) is 1.71. The van der Waals surface area contributed by atoms with E-state index in [-0.39, 0.29) is 55.1 Å². The first-order valence-electron chi connectivity index (χ1n) is 9.04. The molecule has 1 aliphatic rings. The number of rotatable bonds is 7. The van der Waals surface area contributed by atoms with Gasteiger partial charge in [-0.25, -0.2) is 0 Å². The third-order valence-corrected chi connectivity index (χ3v) is 4.56. The van der Waals surface area contributed by atoms with Gasteiger partial charge in [0, 0.05) is 19.1 Å². The molecule has 0 saturated carbocycles. The summed E-state index contributed by atoms with van der Waals surface area (Å²) in [6.45, 7) is 6.52. The summed E-state index contributed by atoms with van der Waals surface area (Å²) in [6, 6.07) is 9.89. The number of amides is 2. The van der Waals surface area contributed by atoms with Crippen LogP contribution in [-0.4, -0.2) is 48.4 Å². The number of likely N-dealkylation sites (tertiary alicyclic amines) is 1. The second-order valence-electron chi connectivity index (χ2n) is 7.11. The van der Waals surface area contributed by atoms with Gasteiger partial charge in [-0.3, -0.25) is 14.5 Å². The Bertz CT molecular complexity index is 572. The van der Waals surface area contributed by atoms with Crippen molar-refractivity contribution >= 4 is 36.6 Å². The first-order chi connectivity index (χ1) is 12.0. The topological polar surface area (TPSA) is 87.5 Å². The zero-order chi connectivity index (χ0) is 18.2. The van der Waals surface area contributed by atoms with E-state index in [2.05, 4.69) is 27.7 Å². The van der Waals surface area contributed by atoms with E-state index in [0.29, 0.717) is 0 Å². The summed E-state index contributed by atoms with van der Waals surface area (Å²) in [4.78, 5) is 26.3. The fourth-order valence-corrected chi connectivity index (χ4v) is 3.03.